The van der Waals surface area contributed by atoms with Crippen LogP contribution in [0.4, 0.5) is 0 Å². The van der Waals surface area contributed by atoms with Gasteiger partial charge >= 0.3 is 13.1 Å². The number of para-hydroxylation sites is 1. The Balaban J connectivity index is 2.21. The summed E-state index contributed by atoms with van der Waals surface area (Å²) < 4.78 is 23.8. The highest BCUT2D eigenvalue weighted by Crippen LogP contribution is 2.38. The molecule has 0 spiro atoms. The van der Waals surface area contributed by atoms with Crippen molar-refractivity contribution >= 4 is 13.1 Å². The minimum atomic E-state index is -0.541. The van der Waals surface area contributed by atoms with Crippen LogP contribution < -0.4 is 4.74 Å². The lowest BCUT2D eigenvalue weighted by Crippen LogP contribution is -2.41. The minimum Gasteiger partial charge on any atom is -0.493 e. The molecule has 1 fully saturated rings. The van der Waals surface area contributed by atoms with Crippen molar-refractivity contribution in [1.82, 2.24) is 0 Å². The van der Waals surface area contributed by atoms with E-state index >= 15 is 0 Å². The predicted molar refractivity (Wildman–Crippen MR) is 120 cm³/mol. The third-order valence-corrected chi connectivity index (χ3v) is 5.57. The Labute approximate surface area is 182 Å². The molecule has 1 aliphatic rings. The quantitative estimate of drug-likeness (QED) is 0.421. The molecular weight excluding hydrogens is 379 g/mol. The van der Waals surface area contributed by atoms with E-state index in [-0.39, 0.29) is 11.9 Å². The Morgan fingerprint density at radius 1 is 1.10 bits per heavy atom. The number of hydrogen-bond donors (Lipinski definition) is 0. The number of hydrogen-bond acceptors (Lipinski definition) is 5. The van der Waals surface area contributed by atoms with Gasteiger partial charge in [0.1, 0.15) is 11.4 Å². The summed E-state index contributed by atoms with van der Waals surface area (Å²) in [4.78, 5) is 12.9. The molecule has 1 aromatic rings. The fourth-order valence-electron chi connectivity index (χ4n) is 3.26. The van der Waals surface area contributed by atoms with Crippen LogP contribution in [0.25, 0.3) is 0 Å². The maximum Gasteiger partial charge on any atom is 0.487 e. The number of esters is 1. The number of ether oxygens (including phenoxy) is 2. The van der Waals surface area contributed by atoms with Crippen LogP contribution in [-0.4, -0.2) is 36.5 Å². The average molecular weight is 416 g/mol. The molecule has 0 amide bonds. The summed E-state index contributed by atoms with van der Waals surface area (Å²) in [5.41, 5.74) is -0.498. The summed E-state index contributed by atoms with van der Waals surface area (Å²) in [5, 5.41) is 0. The highest BCUT2D eigenvalue weighted by molar-refractivity contribution is 6.51. The van der Waals surface area contributed by atoms with Gasteiger partial charge in [0.25, 0.3) is 0 Å². The van der Waals surface area contributed by atoms with Crippen molar-refractivity contribution in [2.45, 2.75) is 85.0 Å². The van der Waals surface area contributed by atoms with E-state index in [1.165, 1.54) is 0 Å². The van der Waals surface area contributed by atoms with Crippen molar-refractivity contribution in [2.24, 2.45) is 5.92 Å². The maximum atomic E-state index is 12.9. The maximum absolute atomic E-state index is 12.9. The van der Waals surface area contributed by atoms with E-state index in [9.17, 15) is 4.79 Å². The van der Waals surface area contributed by atoms with E-state index in [1.807, 2.05) is 91.7 Å². The first kappa shape index (κ1) is 24.5. The zero-order chi connectivity index (χ0) is 22.6. The summed E-state index contributed by atoms with van der Waals surface area (Å²) in [7, 11) is -0.516. The Morgan fingerprint density at radius 2 is 1.67 bits per heavy atom. The standard InChI is InChI=1S/C24H37BO5/c1-9-20(21(26)28-22(2,3)4)18(15-16-27-19-13-11-10-12-14-19)17-25-29-23(5,6)24(7,8)30-25/h10-14,17,20H,9,15-16H2,1-8H3/b18-17+/t20-/m0/s1. The molecule has 30 heavy (non-hydrogen) atoms. The fourth-order valence-corrected chi connectivity index (χ4v) is 3.26. The highest BCUT2D eigenvalue weighted by atomic mass is 16.7. The lowest BCUT2D eigenvalue weighted by atomic mass is 9.81. The van der Waals surface area contributed by atoms with Gasteiger partial charge < -0.3 is 18.8 Å². The van der Waals surface area contributed by atoms with Crippen molar-refractivity contribution in [3.8, 4) is 5.75 Å². The molecule has 1 atom stereocenters. The summed E-state index contributed by atoms with van der Waals surface area (Å²) in [6.07, 6.45) is 1.21. The fraction of sp³-hybridized carbons (Fsp3) is 0.625. The summed E-state index contributed by atoms with van der Waals surface area (Å²) in [5.74, 6) is 2.14. The zero-order valence-electron chi connectivity index (χ0n) is 19.8. The molecule has 0 bridgehead atoms. The zero-order valence-corrected chi connectivity index (χ0v) is 19.8. The molecule has 0 aromatic heterocycles. The predicted octanol–water partition coefficient (Wildman–Crippen LogP) is 5.38. The van der Waals surface area contributed by atoms with Crippen LogP contribution in [0, 0.1) is 5.92 Å². The van der Waals surface area contributed by atoms with Crippen LogP contribution in [0.2, 0.25) is 0 Å². The van der Waals surface area contributed by atoms with E-state index in [0.717, 1.165) is 11.3 Å². The lowest BCUT2D eigenvalue weighted by Gasteiger charge is -2.32. The molecular formula is C24H37BO5. The van der Waals surface area contributed by atoms with Crippen molar-refractivity contribution < 1.29 is 23.6 Å². The van der Waals surface area contributed by atoms with Gasteiger partial charge in [0, 0.05) is 6.42 Å². The van der Waals surface area contributed by atoms with Crippen LogP contribution in [0.1, 0.15) is 68.2 Å². The topological polar surface area (TPSA) is 54.0 Å². The Morgan fingerprint density at radius 3 is 2.17 bits per heavy atom. The van der Waals surface area contributed by atoms with Gasteiger partial charge in [-0.3, -0.25) is 4.79 Å². The molecule has 1 aromatic carbocycles. The largest absolute Gasteiger partial charge is 0.493 e. The third-order valence-electron chi connectivity index (χ3n) is 5.57. The first-order valence-corrected chi connectivity index (χ1v) is 10.8. The second-order valence-corrected chi connectivity index (χ2v) is 9.77. The van der Waals surface area contributed by atoms with E-state index in [2.05, 4.69) is 0 Å². The van der Waals surface area contributed by atoms with Gasteiger partial charge in [0.2, 0.25) is 0 Å². The monoisotopic (exact) mass is 416 g/mol. The first-order chi connectivity index (χ1) is 13.8. The second-order valence-electron chi connectivity index (χ2n) is 9.77. The van der Waals surface area contributed by atoms with E-state index in [4.69, 9.17) is 18.8 Å². The van der Waals surface area contributed by atoms with E-state index in [1.54, 1.807) is 0 Å². The molecule has 1 aliphatic heterocycles. The first-order valence-electron chi connectivity index (χ1n) is 10.8. The molecule has 6 heteroatoms. The van der Waals surface area contributed by atoms with Gasteiger partial charge in [-0.2, -0.15) is 0 Å². The smallest absolute Gasteiger partial charge is 0.487 e. The van der Waals surface area contributed by atoms with Gasteiger partial charge in [-0.1, -0.05) is 36.7 Å². The van der Waals surface area contributed by atoms with E-state index in [0.29, 0.717) is 19.4 Å². The molecule has 1 heterocycles. The average Bonchev–Trinajstić information content (AvgIpc) is 2.81. The van der Waals surface area contributed by atoms with Crippen LogP contribution in [-0.2, 0) is 18.8 Å². The normalized spacial score (nSPS) is 19.5. The summed E-state index contributed by atoms with van der Waals surface area (Å²) in [6, 6.07) is 9.66. The van der Waals surface area contributed by atoms with E-state index < -0.39 is 23.9 Å². The van der Waals surface area contributed by atoms with Crippen LogP contribution in [0.3, 0.4) is 0 Å². The summed E-state index contributed by atoms with van der Waals surface area (Å²) >= 11 is 0. The Bertz CT molecular complexity index is 718. The SMILES string of the molecule is CC[C@H](C(=O)OC(C)(C)C)/C(=C/B1OC(C)(C)C(C)(C)O1)CCOc1ccccc1. The van der Waals surface area contributed by atoms with Crippen molar-refractivity contribution in [1.29, 1.82) is 0 Å². The Hall–Kier alpha value is -1.79. The molecule has 2 rings (SSSR count). The molecule has 166 valence electrons. The van der Waals surface area contributed by atoms with Crippen LogP contribution in [0.15, 0.2) is 41.9 Å². The molecule has 0 unspecified atom stereocenters. The van der Waals surface area contributed by atoms with Crippen LogP contribution >= 0.6 is 0 Å². The number of carbonyl (C=O) groups excluding carboxylic acids is 1. The number of rotatable bonds is 8. The minimum absolute atomic E-state index is 0.229. The highest BCUT2D eigenvalue weighted by Gasteiger charge is 2.50. The van der Waals surface area contributed by atoms with Gasteiger partial charge in [0.05, 0.1) is 23.7 Å². The van der Waals surface area contributed by atoms with Gasteiger partial charge in [-0.05, 0) is 67.0 Å². The van der Waals surface area contributed by atoms with Crippen molar-refractivity contribution in [3.63, 3.8) is 0 Å². The van der Waals surface area contributed by atoms with Crippen LogP contribution in [0.5, 0.6) is 5.75 Å². The molecule has 0 radical (unpaired) electrons. The van der Waals surface area contributed by atoms with Gasteiger partial charge in [0.15, 0.2) is 0 Å². The number of benzene rings is 1. The molecule has 1 saturated heterocycles. The van der Waals surface area contributed by atoms with Crippen molar-refractivity contribution in [3.05, 3.63) is 41.9 Å². The molecule has 0 aliphatic carbocycles. The molecule has 0 N–H and O–H groups in total. The lowest BCUT2D eigenvalue weighted by molar-refractivity contribution is -0.158. The Kier molecular flexibility index (Phi) is 7.81. The van der Waals surface area contributed by atoms with Gasteiger partial charge in [-0.15, -0.1) is 0 Å². The van der Waals surface area contributed by atoms with Gasteiger partial charge in [-0.25, -0.2) is 0 Å². The second kappa shape index (κ2) is 9.57. The third kappa shape index (κ3) is 6.61. The summed E-state index contributed by atoms with van der Waals surface area (Å²) in [6.45, 7) is 16.2. The number of carbonyl (C=O) groups is 1. The molecule has 0 saturated carbocycles. The van der Waals surface area contributed by atoms with Crippen molar-refractivity contribution in [2.75, 3.05) is 6.61 Å². The molecule has 5 nitrogen and oxygen atoms in total.